The number of methoxy groups -OCH3 is 1. The minimum atomic E-state index is -0.144. The summed E-state index contributed by atoms with van der Waals surface area (Å²) in [7, 11) is 1.69. The normalized spacial score (nSPS) is 25.5. The number of furan rings is 1. The zero-order valence-electron chi connectivity index (χ0n) is 8.03. The maximum Gasteiger partial charge on any atom is 0.287 e. The maximum atomic E-state index is 11.5. The quantitative estimate of drug-likeness (QED) is 0.788. The van der Waals surface area contributed by atoms with E-state index in [0.717, 1.165) is 12.8 Å². The summed E-state index contributed by atoms with van der Waals surface area (Å²) in [5.74, 6) is 0.223. The molecule has 1 fully saturated rings. The van der Waals surface area contributed by atoms with E-state index in [4.69, 9.17) is 9.15 Å². The number of carbonyl (C=O) groups is 1. The van der Waals surface area contributed by atoms with Gasteiger partial charge in [-0.3, -0.25) is 4.79 Å². The molecule has 4 nitrogen and oxygen atoms in total. The molecule has 1 aromatic heterocycles. The minimum Gasteiger partial charge on any atom is -0.459 e. The maximum absolute atomic E-state index is 11.5. The lowest BCUT2D eigenvalue weighted by molar-refractivity contribution is 0.0172. The second kappa shape index (κ2) is 3.84. The van der Waals surface area contributed by atoms with Gasteiger partial charge in [0.25, 0.3) is 5.91 Å². The van der Waals surface area contributed by atoms with Crippen molar-refractivity contribution in [3.8, 4) is 0 Å². The van der Waals surface area contributed by atoms with Crippen molar-refractivity contribution in [1.29, 1.82) is 0 Å². The highest BCUT2D eigenvalue weighted by molar-refractivity contribution is 5.91. The second-order valence-corrected chi connectivity index (χ2v) is 3.48. The molecule has 0 unspecified atom stereocenters. The van der Waals surface area contributed by atoms with E-state index in [1.807, 2.05) is 0 Å². The number of hydrogen-bond acceptors (Lipinski definition) is 3. The first-order valence-corrected chi connectivity index (χ1v) is 4.66. The fraction of sp³-hybridized carbons (Fsp3) is 0.500. The predicted octanol–water partition coefficient (Wildman–Crippen LogP) is 1.19. The first kappa shape index (κ1) is 9.27. The van der Waals surface area contributed by atoms with Crippen molar-refractivity contribution in [2.75, 3.05) is 7.11 Å². The second-order valence-electron chi connectivity index (χ2n) is 3.48. The number of amides is 1. The third-order valence-corrected chi connectivity index (χ3v) is 2.51. The SMILES string of the molecule is COC1CC(NC(=O)c2ccco2)C1. The molecule has 1 amide bonds. The third-order valence-electron chi connectivity index (χ3n) is 2.51. The molecule has 0 spiro atoms. The van der Waals surface area contributed by atoms with Crippen LogP contribution in [0.2, 0.25) is 0 Å². The van der Waals surface area contributed by atoms with Crippen molar-refractivity contribution >= 4 is 5.91 Å². The summed E-state index contributed by atoms with van der Waals surface area (Å²) in [6.45, 7) is 0. The van der Waals surface area contributed by atoms with E-state index in [2.05, 4.69) is 5.32 Å². The summed E-state index contributed by atoms with van der Waals surface area (Å²) < 4.78 is 10.1. The van der Waals surface area contributed by atoms with Gasteiger partial charge < -0.3 is 14.5 Å². The summed E-state index contributed by atoms with van der Waals surface area (Å²) in [4.78, 5) is 11.5. The van der Waals surface area contributed by atoms with E-state index in [1.54, 1.807) is 19.2 Å². The zero-order chi connectivity index (χ0) is 9.97. The highest BCUT2D eigenvalue weighted by Gasteiger charge is 2.30. The molecule has 1 saturated carbocycles. The van der Waals surface area contributed by atoms with Crippen LogP contribution >= 0.6 is 0 Å². The van der Waals surface area contributed by atoms with Gasteiger partial charge in [0.1, 0.15) is 0 Å². The molecule has 1 aliphatic rings. The number of rotatable bonds is 3. The van der Waals surface area contributed by atoms with E-state index in [0.29, 0.717) is 11.9 Å². The van der Waals surface area contributed by atoms with Gasteiger partial charge in [-0.15, -0.1) is 0 Å². The lowest BCUT2D eigenvalue weighted by Crippen LogP contribution is -2.47. The van der Waals surface area contributed by atoms with Crippen LogP contribution in [0.3, 0.4) is 0 Å². The standard InChI is InChI=1S/C10H13NO3/c1-13-8-5-7(6-8)11-10(12)9-3-2-4-14-9/h2-4,7-8H,5-6H2,1H3,(H,11,12). The van der Waals surface area contributed by atoms with Gasteiger partial charge in [0.2, 0.25) is 0 Å². The molecule has 0 saturated heterocycles. The molecular formula is C10H13NO3. The lowest BCUT2D eigenvalue weighted by Gasteiger charge is -2.34. The molecule has 76 valence electrons. The fourth-order valence-corrected chi connectivity index (χ4v) is 1.54. The Morgan fingerprint density at radius 3 is 3.00 bits per heavy atom. The van der Waals surface area contributed by atoms with Crippen LogP contribution < -0.4 is 5.32 Å². The molecule has 0 atom stereocenters. The molecule has 0 aromatic carbocycles. The third kappa shape index (κ3) is 1.80. The van der Waals surface area contributed by atoms with Crippen molar-refractivity contribution in [2.45, 2.75) is 25.0 Å². The highest BCUT2D eigenvalue weighted by Crippen LogP contribution is 2.22. The van der Waals surface area contributed by atoms with E-state index in [9.17, 15) is 4.79 Å². The Morgan fingerprint density at radius 1 is 1.64 bits per heavy atom. The Hall–Kier alpha value is -1.29. The summed E-state index contributed by atoms with van der Waals surface area (Å²) >= 11 is 0. The summed E-state index contributed by atoms with van der Waals surface area (Å²) in [5.41, 5.74) is 0. The molecule has 1 aliphatic carbocycles. The Balaban J connectivity index is 1.80. The zero-order valence-corrected chi connectivity index (χ0v) is 8.03. The van der Waals surface area contributed by atoms with E-state index in [-0.39, 0.29) is 11.9 Å². The average Bonchev–Trinajstić information content (AvgIpc) is 2.62. The fourth-order valence-electron chi connectivity index (χ4n) is 1.54. The Labute approximate surface area is 82.2 Å². The molecule has 1 aromatic rings. The Morgan fingerprint density at radius 2 is 2.43 bits per heavy atom. The highest BCUT2D eigenvalue weighted by atomic mass is 16.5. The van der Waals surface area contributed by atoms with Gasteiger partial charge in [0.15, 0.2) is 5.76 Å². The van der Waals surface area contributed by atoms with Crippen molar-refractivity contribution in [1.82, 2.24) is 5.32 Å². The number of hydrogen-bond donors (Lipinski definition) is 1. The van der Waals surface area contributed by atoms with Crippen LogP contribution in [-0.2, 0) is 4.74 Å². The Bertz CT molecular complexity index is 301. The average molecular weight is 195 g/mol. The summed E-state index contributed by atoms with van der Waals surface area (Å²) in [6.07, 6.45) is 3.58. The molecule has 14 heavy (non-hydrogen) atoms. The van der Waals surface area contributed by atoms with Gasteiger partial charge >= 0.3 is 0 Å². The largest absolute Gasteiger partial charge is 0.459 e. The van der Waals surface area contributed by atoms with Crippen LogP contribution in [0, 0.1) is 0 Å². The molecule has 0 bridgehead atoms. The molecule has 1 heterocycles. The van der Waals surface area contributed by atoms with Crippen LogP contribution in [0.15, 0.2) is 22.8 Å². The van der Waals surface area contributed by atoms with Crippen molar-refractivity contribution in [2.24, 2.45) is 0 Å². The molecule has 4 heteroatoms. The van der Waals surface area contributed by atoms with Crippen LogP contribution in [-0.4, -0.2) is 25.2 Å². The van der Waals surface area contributed by atoms with Crippen LogP contribution in [0.5, 0.6) is 0 Å². The monoisotopic (exact) mass is 195 g/mol. The first-order valence-electron chi connectivity index (χ1n) is 4.66. The van der Waals surface area contributed by atoms with E-state index >= 15 is 0 Å². The topological polar surface area (TPSA) is 51.5 Å². The Kier molecular flexibility index (Phi) is 2.54. The summed E-state index contributed by atoms with van der Waals surface area (Å²) in [5, 5.41) is 2.87. The van der Waals surface area contributed by atoms with Crippen LogP contribution in [0.4, 0.5) is 0 Å². The van der Waals surface area contributed by atoms with Gasteiger partial charge in [-0.2, -0.15) is 0 Å². The smallest absolute Gasteiger partial charge is 0.287 e. The lowest BCUT2D eigenvalue weighted by atomic mass is 9.89. The number of carbonyl (C=O) groups excluding carboxylic acids is 1. The van der Waals surface area contributed by atoms with Gasteiger partial charge in [-0.1, -0.05) is 0 Å². The van der Waals surface area contributed by atoms with Crippen LogP contribution in [0.25, 0.3) is 0 Å². The van der Waals surface area contributed by atoms with Gasteiger partial charge in [-0.05, 0) is 25.0 Å². The van der Waals surface area contributed by atoms with Crippen molar-refractivity contribution in [3.63, 3.8) is 0 Å². The summed E-state index contributed by atoms with van der Waals surface area (Å²) in [6, 6.07) is 3.59. The van der Waals surface area contributed by atoms with Crippen molar-refractivity contribution in [3.05, 3.63) is 24.2 Å². The van der Waals surface area contributed by atoms with Gasteiger partial charge in [0.05, 0.1) is 12.4 Å². The van der Waals surface area contributed by atoms with Crippen LogP contribution in [0.1, 0.15) is 23.4 Å². The van der Waals surface area contributed by atoms with E-state index in [1.165, 1.54) is 6.26 Å². The first-order chi connectivity index (χ1) is 6.79. The molecule has 0 radical (unpaired) electrons. The van der Waals surface area contributed by atoms with Crippen molar-refractivity contribution < 1.29 is 13.9 Å². The number of nitrogens with one attached hydrogen (secondary N) is 1. The molecular weight excluding hydrogens is 182 g/mol. The molecule has 2 rings (SSSR count). The number of ether oxygens (including phenoxy) is 1. The minimum absolute atomic E-state index is 0.144. The predicted molar refractivity (Wildman–Crippen MR) is 50.0 cm³/mol. The van der Waals surface area contributed by atoms with E-state index < -0.39 is 0 Å². The van der Waals surface area contributed by atoms with Gasteiger partial charge in [-0.25, -0.2) is 0 Å². The van der Waals surface area contributed by atoms with Gasteiger partial charge in [0, 0.05) is 13.2 Å². The molecule has 1 N–H and O–H groups in total. The molecule has 0 aliphatic heterocycles.